The lowest BCUT2D eigenvalue weighted by molar-refractivity contribution is 0.317. The SMILES string of the molecule is Fc1ccc(OCCCCl)cc1Br. The molecule has 1 aromatic carbocycles. The highest BCUT2D eigenvalue weighted by atomic mass is 79.9. The molecule has 1 aromatic rings. The Balaban J connectivity index is 2.53. The monoisotopic (exact) mass is 266 g/mol. The fourth-order valence-corrected chi connectivity index (χ4v) is 1.28. The van der Waals surface area contributed by atoms with Crippen LogP contribution in [0.3, 0.4) is 0 Å². The number of halogens is 3. The minimum atomic E-state index is -0.287. The number of rotatable bonds is 4. The lowest BCUT2D eigenvalue weighted by Crippen LogP contribution is -1.97. The predicted molar refractivity (Wildman–Crippen MR) is 54.9 cm³/mol. The van der Waals surface area contributed by atoms with Crippen molar-refractivity contribution in [2.45, 2.75) is 6.42 Å². The fourth-order valence-electron chi connectivity index (χ4n) is 0.811. The lowest BCUT2D eigenvalue weighted by atomic mass is 10.3. The Morgan fingerprint density at radius 2 is 2.23 bits per heavy atom. The third kappa shape index (κ3) is 3.53. The molecule has 1 nitrogen and oxygen atoms in total. The van der Waals surface area contributed by atoms with Gasteiger partial charge in [0.1, 0.15) is 11.6 Å². The first-order chi connectivity index (χ1) is 6.24. The molecule has 0 unspecified atom stereocenters. The summed E-state index contributed by atoms with van der Waals surface area (Å²) in [4.78, 5) is 0. The molecule has 0 heterocycles. The van der Waals surface area contributed by atoms with Crippen LogP contribution in [0.2, 0.25) is 0 Å². The zero-order valence-corrected chi connectivity index (χ0v) is 9.24. The lowest BCUT2D eigenvalue weighted by Gasteiger charge is -2.05. The Morgan fingerprint density at radius 1 is 1.46 bits per heavy atom. The maximum absolute atomic E-state index is 12.8. The predicted octanol–water partition coefficient (Wildman–Crippen LogP) is 3.60. The minimum absolute atomic E-state index is 0.287. The van der Waals surface area contributed by atoms with Crippen LogP contribution in [0, 0.1) is 5.82 Å². The van der Waals surface area contributed by atoms with Crippen molar-refractivity contribution in [2.24, 2.45) is 0 Å². The van der Waals surface area contributed by atoms with Gasteiger partial charge in [-0.25, -0.2) is 4.39 Å². The molecule has 0 fully saturated rings. The summed E-state index contributed by atoms with van der Waals surface area (Å²) < 4.78 is 18.5. The second-order valence-electron chi connectivity index (χ2n) is 2.47. The Morgan fingerprint density at radius 3 is 2.85 bits per heavy atom. The summed E-state index contributed by atoms with van der Waals surface area (Å²) in [6.45, 7) is 0.557. The summed E-state index contributed by atoms with van der Waals surface area (Å²) in [6, 6.07) is 4.55. The Labute approximate surface area is 90.0 Å². The van der Waals surface area contributed by atoms with Gasteiger partial charge in [-0.3, -0.25) is 0 Å². The molecular weight excluding hydrogens is 258 g/mol. The number of hydrogen-bond acceptors (Lipinski definition) is 1. The van der Waals surface area contributed by atoms with Gasteiger partial charge in [-0.1, -0.05) is 0 Å². The van der Waals surface area contributed by atoms with Gasteiger partial charge in [-0.2, -0.15) is 0 Å². The van der Waals surface area contributed by atoms with Crippen molar-refractivity contribution in [3.05, 3.63) is 28.5 Å². The van der Waals surface area contributed by atoms with Gasteiger partial charge in [-0.15, -0.1) is 11.6 Å². The third-order valence-electron chi connectivity index (χ3n) is 1.44. The Hall–Kier alpha value is -0.280. The van der Waals surface area contributed by atoms with Crippen LogP contribution in [0.5, 0.6) is 5.75 Å². The summed E-state index contributed by atoms with van der Waals surface area (Å²) >= 11 is 8.55. The highest BCUT2D eigenvalue weighted by molar-refractivity contribution is 9.10. The Kier molecular flexibility index (Phi) is 4.53. The molecule has 72 valence electrons. The number of ether oxygens (including phenoxy) is 1. The normalized spacial score (nSPS) is 10.1. The van der Waals surface area contributed by atoms with E-state index in [0.29, 0.717) is 22.7 Å². The van der Waals surface area contributed by atoms with E-state index in [0.717, 1.165) is 6.42 Å². The molecule has 13 heavy (non-hydrogen) atoms. The molecule has 0 saturated carbocycles. The summed E-state index contributed by atoms with van der Waals surface area (Å²) in [5.41, 5.74) is 0. The van der Waals surface area contributed by atoms with Crippen molar-refractivity contribution in [3.63, 3.8) is 0 Å². The molecule has 0 aliphatic rings. The molecule has 0 aliphatic carbocycles. The van der Waals surface area contributed by atoms with Gasteiger partial charge >= 0.3 is 0 Å². The van der Waals surface area contributed by atoms with E-state index in [2.05, 4.69) is 15.9 Å². The van der Waals surface area contributed by atoms with Crippen LogP contribution in [-0.4, -0.2) is 12.5 Å². The summed E-state index contributed by atoms with van der Waals surface area (Å²) in [6.07, 6.45) is 0.788. The average molecular weight is 268 g/mol. The van der Waals surface area contributed by atoms with Crippen molar-refractivity contribution in [2.75, 3.05) is 12.5 Å². The van der Waals surface area contributed by atoms with Gasteiger partial charge in [0.25, 0.3) is 0 Å². The van der Waals surface area contributed by atoms with E-state index in [1.807, 2.05) is 0 Å². The van der Waals surface area contributed by atoms with Crippen LogP contribution in [0.15, 0.2) is 22.7 Å². The molecule has 1 rings (SSSR count). The van der Waals surface area contributed by atoms with E-state index < -0.39 is 0 Å². The zero-order chi connectivity index (χ0) is 9.68. The number of hydrogen-bond donors (Lipinski definition) is 0. The molecule has 0 spiro atoms. The van der Waals surface area contributed by atoms with Crippen molar-refractivity contribution < 1.29 is 9.13 Å². The standard InChI is InChI=1S/C9H9BrClFO/c10-8-6-7(2-3-9(8)12)13-5-1-4-11/h2-3,6H,1,4-5H2. The van der Waals surface area contributed by atoms with Crippen molar-refractivity contribution >= 4 is 27.5 Å². The summed E-state index contributed by atoms with van der Waals surface area (Å²) in [5, 5.41) is 0. The first-order valence-corrected chi connectivity index (χ1v) is 5.20. The highest BCUT2D eigenvalue weighted by Gasteiger charge is 2.00. The molecule has 0 bridgehead atoms. The van der Waals surface area contributed by atoms with E-state index >= 15 is 0 Å². The van der Waals surface area contributed by atoms with Gasteiger partial charge in [0.15, 0.2) is 0 Å². The second kappa shape index (κ2) is 5.45. The first-order valence-electron chi connectivity index (χ1n) is 3.88. The summed E-state index contributed by atoms with van der Waals surface area (Å²) in [7, 11) is 0. The van der Waals surface area contributed by atoms with Crippen LogP contribution in [-0.2, 0) is 0 Å². The molecule has 0 aliphatic heterocycles. The van der Waals surface area contributed by atoms with E-state index in [4.69, 9.17) is 16.3 Å². The maximum atomic E-state index is 12.8. The van der Waals surface area contributed by atoms with E-state index in [9.17, 15) is 4.39 Å². The Bertz CT molecular complexity index is 280. The van der Waals surface area contributed by atoms with Crippen LogP contribution < -0.4 is 4.74 Å². The van der Waals surface area contributed by atoms with Crippen molar-refractivity contribution in [3.8, 4) is 5.75 Å². The van der Waals surface area contributed by atoms with Crippen LogP contribution >= 0.6 is 27.5 Å². The van der Waals surface area contributed by atoms with E-state index in [1.165, 1.54) is 6.07 Å². The minimum Gasteiger partial charge on any atom is -0.494 e. The largest absolute Gasteiger partial charge is 0.494 e. The molecule has 0 amide bonds. The topological polar surface area (TPSA) is 9.23 Å². The van der Waals surface area contributed by atoms with Crippen LogP contribution in [0.25, 0.3) is 0 Å². The molecule has 4 heteroatoms. The highest BCUT2D eigenvalue weighted by Crippen LogP contribution is 2.21. The zero-order valence-electron chi connectivity index (χ0n) is 6.90. The van der Waals surface area contributed by atoms with E-state index in [1.54, 1.807) is 12.1 Å². The van der Waals surface area contributed by atoms with Gasteiger partial charge in [0.05, 0.1) is 11.1 Å². The third-order valence-corrected chi connectivity index (χ3v) is 2.31. The molecule has 0 radical (unpaired) electrons. The smallest absolute Gasteiger partial charge is 0.137 e. The molecule has 0 atom stereocenters. The van der Waals surface area contributed by atoms with Crippen LogP contribution in [0.1, 0.15) is 6.42 Å². The molecule has 0 N–H and O–H groups in total. The van der Waals surface area contributed by atoms with Gasteiger partial charge in [0.2, 0.25) is 0 Å². The summed E-state index contributed by atoms with van der Waals surface area (Å²) in [5.74, 6) is 0.936. The number of benzene rings is 1. The molecular formula is C9H9BrClFO. The second-order valence-corrected chi connectivity index (χ2v) is 3.70. The fraction of sp³-hybridized carbons (Fsp3) is 0.333. The van der Waals surface area contributed by atoms with Gasteiger partial charge in [0, 0.05) is 5.88 Å². The average Bonchev–Trinajstić information content (AvgIpc) is 2.12. The van der Waals surface area contributed by atoms with Crippen molar-refractivity contribution in [1.82, 2.24) is 0 Å². The first kappa shape index (κ1) is 10.8. The molecule has 0 aromatic heterocycles. The van der Waals surface area contributed by atoms with Gasteiger partial charge < -0.3 is 4.74 Å². The van der Waals surface area contributed by atoms with Crippen molar-refractivity contribution in [1.29, 1.82) is 0 Å². The quantitative estimate of drug-likeness (QED) is 0.598. The van der Waals surface area contributed by atoms with Gasteiger partial charge in [-0.05, 0) is 40.5 Å². The number of alkyl halides is 1. The van der Waals surface area contributed by atoms with Crippen LogP contribution in [0.4, 0.5) is 4.39 Å². The van der Waals surface area contributed by atoms with E-state index in [-0.39, 0.29) is 5.82 Å². The molecule has 0 saturated heterocycles. The maximum Gasteiger partial charge on any atom is 0.137 e.